The summed E-state index contributed by atoms with van der Waals surface area (Å²) in [4.78, 5) is 12.6. The van der Waals surface area contributed by atoms with Crippen LogP contribution >= 0.6 is 0 Å². The number of halogens is 2. The van der Waals surface area contributed by atoms with Gasteiger partial charge in [0, 0.05) is 24.2 Å². The van der Waals surface area contributed by atoms with E-state index in [2.05, 4.69) is 20.6 Å². The molecule has 8 heteroatoms. The standard InChI is InChI=1S/C18H19F2N5O/c1-25-9-11(8-21-25)10-6-12-16(14(20)7-10)23-24-17(12)18(26)22-15-5-3-2-4-13(15)19/h6-9,13,15H,2-5H2,1H3,(H,22,26)(H,23,24)/t13-,15-/m1/s1. The van der Waals surface area contributed by atoms with Crippen LogP contribution in [0.15, 0.2) is 24.5 Å². The molecule has 2 atom stereocenters. The second-order valence-electron chi connectivity index (χ2n) is 6.74. The van der Waals surface area contributed by atoms with Gasteiger partial charge in [0.2, 0.25) is 0 Å². The largest absolute Gasteiger partial charge is 0.345 e. The van der Waals surface area contributed by atoms with E-state index in [0.29, 0.717) is 23.8 Å². The van der Waals surface area contributed by atoms with Gasteiger partial charge in [0.1, 0.15) is 17.4 Å². The first-order valence-corrected chi connectivity index (χ1v) is 8.64. The first-order chi connectivity index (χ1) is 12.5. The fraction of sp³-hybridized carbons (Fsp3) is 0.389. The second-order valence-corrected chi connectivity index (χ2v) is 6.74. The van der Waals surface area contributed by atoms with Gasteiger partial charge < -0.3 is 5.32 Å². The molecule has 6 nitrogen and oxygen atoms in total. The third kappa shape index (κ3) is 2.95. The number of aromatic amines is 1. The number of nitrogens with zero attached hydrogens (tertiary/aromatic N) is 3. The van der Waals surface area contributed by atoms with Crippen molar-refractivity contribution < 1.29 is 13.6 Å². The van der Waals surface area contributed by atoms with Crippen LogP contribution in [0, 0.1) is 5.82 Å². The number of aryl methyl sites for hydroxylation is 1. The van der Waals surface area contributed by atoms with Gasteiger partial charge >= 0.3 is 0 Å². The van der Waals surface area contributed by atoms with Gasteiger partial charge in [-0.1, -0.05) is 12.8 Å². The van der Waals surface area contributed by atoms with Gasteiger partial charge in [0.25, 0.3) is 5.91 Å². The van der Waals surface area contributed by atoms with E-state index in [1.165, 1.54) is 6.07 Å². The summed E-state index contributed by atoms with van der Waals surface area (Å²) in [5.41, 5.74) is 1.56. The average Bonchev–Trinajstić information content (AvgIpc) is 3.23. The topological polar surface area (TPSA) is 75.6 Å². The smallest absolute Gasteiger partial charge is 0.270 e. The summed E-state index contributed by atoms with van der Waals surface area (Å²) >= 11 is 0. The zero-order valence-electron chi connectivity index (χ0n) is 14.3. The van der Waals surface area contributed by atoms with E-state index in [1.54, 1.807) is 30.2 Å². The Labute approximate surface area is 148 Å². The lowest BCUT2D eigenvalue weighted by Crippen LogP contribution is -2.43. The molecule has 136 valence electrons. The Kier molecular flexibility index (Phi) is 4.18. The molecule has 2 aromatic heterocycles. The highest BCUT2D eigenvalue weighted by molar-refractivity contribution is 6.05. The monoisotopic (exact) mass is 359 g/mol. The first kappa shape index (κ1) is 16.7. The number of hydrogen-bond donors (Lipinski definition) is 2. The molecule has 0 bridgehead atoms. The van der Waals surface area contributed by atoms with Crippen molar-refractivity contribution in [2.45, 2.75) is 37.9 Å². The van der Waals surface area contributed by atoms with Gasteiger partial charge in [-0.2, -0.15) is 10.2 Å². The number of carbonyl (C=O) groups is 1. The van der Waals surface area contributed by atoms with Crippen molar-refractivity contribution in [2.75, 3.05) is 0 Å². The summed E-state index contributed by atoms with van der Waals surface area (Å²) in [6.07, 6.45) is 5.11. The highest BCUT2D eigenvalue weighted by Gasteiger charge is 2.28. The van der Waals surface area contributed by atoms with Crippen molar-refractivity contribution in [1.29, 1.82) is 0 Å². The number of hydrogen-bond acceptors (Lipinski definition) is 3. The van der Waals surface area contributed by atoms with Crippen molar-refractivity contribution in [3.63, 3.8) is 0 Å². The Morgan fingerprint density at radius 2 is 2.12 bits per heavy atom. The molecule has 26 heavy (non-hydrogen) atoms. The average molecular weight is 359 g/mol. The van der Waals surface area contributed by atoms with Crippen molar-refractivity contribution >= 4 is 16.8 Å². The van der Waals surface area contributed by atoms with Crippen molar-refractivity contribution in [1.82, 2.24) is 25.3 Å². The Hall–Kier alpha value is -2.77. The van der Waals surface area contributed by atoms with E-state index in [9.17, 15) is 13.6 Å². The fourth-order valence-corrected chi connectivity index (χ4v) is 3.47. The molecule has 0 radical (unpaired) electrons. The second kappa shape index (κ2) is 6.51. The van der Waals surface area contributed by atoms with Crippen molar-refractivity contribution in [3.05, 3.63) is 36.0 Å². The maximum Gasteiger partial charge on any atom is 0.270 e. The van der Waals surface area contributed by atoms with E-state index in [-0.39, 0.29) is 11.2 Å². The lowest BCUT2D eigenvalue weighted by atomic mass is 9.93. The highest BCUT2D eigenvalue weighted by atomic mass is 19.1. The quantitative estimate of drug-likeness (QED) is 0.754. The molecular weight excluding hydrogens is 340 g/mol. The normalized spacial score (nSPS) is 20.4. The maximum absolute atomic E-state index is 14.4. The van der Waals surface area contributed by atoms with E-state index in [1.807, 2.05) is 0 Å². The van der Waals surface area contributed by atoms with Gasteiger partial charge in [-0.3, -0.25) is 14.6 Å². The number of nitrogens with one attached hydrogen (secondary N) is 2. The Balaban J connectivity index is 1.69. The number of fused-ring (bicyclic) bond motifs is 1. The van der Waals surface area contributed by atoms with Crippen LogP contribution in [0.25, 0.3) is 22.0 Å². The molecular formula is C18H19F2N5O. The Bertz CT molecular complexity index is 964. The molecule has 2 N–H and O–H groups in total. The van der Waals surface area contributed by atoms with Gasteiger partial charge in [0.05, 0.1) is 12.2 Å². The van der Waals surface area contributed by atoms with Gasteiger partial charge in [-0.05, 0) is 30.5 Å². The molecule has 1 aromatic carbocycles. The van der Waals surface area contributed by atoms with Crippen LogP contribution in [0.1, 0.15) is 36.2 Å². The van der Waals surface area contributed by atoms with Crippen LogP contribution in [0.2, 0.25) is 0 Å². The molecule has 2 heterocycles. The van der Waals surface area contributed by atoms with E-state index in [0.717, 1.165) is 18.4 Å². The summed E-state index contributed by atoms with van der Waals surface area (Å²) in [7, 11) is 1.77. The zero-order valence-corrected chi connectivity index (χ0v) is 14.3. The Morgan fingerprint density at radius 1 is 1.31 bits per heavy atom. The first-order valence-electron chi connectivity index (χ1n) is 8.64. The SMILES string of the molecule is Cn1cc(-c2cc(F)c3n[nH]c(C(=O)N[C@@H]4CCCC[C@H]4F)c3c2)cn1. The number of rotatable bonds is 3. The van der Waals surface area contributed by atoms with E-state index < -0.39 is 23.9 Å². The van der Waals surface area contributed by atoms with Gasteiger partial charge in [-0.15, -0.1) is 0 Å². The number of amides is 1. The van der Waals surface area contributed by atoms with Crippen LogP contribution in [0.3, 0.4) is 0 Å². The molecule has 1 aliphatic rings. The predicted molar refractivity (Wildman–Crippen MR) is 92.9 cm³/mol. The maximum atomic E-state index is 14.4. The van der Waals surface area contributed by atoms with E-state index >= 15 is 0 Å². The highest BCUT2D eigenvalue weighted by Crippen LogP contribution is 2.28. The number of carbonyl (C=O) groups excluding carboxylic acids is 1. The fourth-order valence-electron chi connectivity index (χ4n) is 3.47. The lowest BCUT2D eigenvalue weighted by Gasteiger charge is -2.26. The van der Waals surface area contributed by atoms with Crippen LogP contribution in [0.4, 0.5) is 8.78 Å². The number of alkyl halides is 1. The molecule has 1 amide bonds. The van der Waals surface area contributed by atoms with Crippen LogP contribution in [-0.2, 0) is 7.05 Å². The number of H-pyrrole nitrogens is 1. The minimum atomic E-state index is -1.05. The summed E-state index contributed by atoms with van der Waals surface area (Å²) in [5, 5.41) is 13.7. The summed E-state index contributed by atoms with van der Waals surface area (Å²) in [6, 6.07) is 2.54. The van der Waals surface area contributed by atoms with Crippen molar-refractivity contribution in [2.24, 2.45) is 7.05 Å². The summed E-state index contributed by atoms with van der Waals surface area (Å²) < 4.78 is 30.1. The summed E-state index contributed by atoms with van der Waals surface area (Å²) in [6.45, 7) is 0. The molecule has 0 unspecified atom stereocenters. The summed E-state index contributed by atoms with van der Waals surface area (Å²) in [5.74, 6) is -0.998. The minimum absolute atomic E-state index is 0.0863. The predicted octanol–water partition coefficient (Wildman–Crippen LogP) is 3.11. The molecule has 0 saturated heterocycles. The third-order valence-electron chi connectivity index (χ3n) is 4.88. The molecule has 0 spiro atoms. The number of aromatic nitrogens is 4. The van der Waals surface area contributed by atoms with Crippen molar-refractivity contribution in [3.8, 4) is 11.1 Å². The zero-order chi connectivity index (χ0) is 18.3. The van der Waals surface area contributed by atoms with E-state index in [4.69, 9.17) is 0 Å². The molecule has 0 aliphatic heterocycles. The molecule has 3 aromatic rings. The van der Waals surface area contributed by atoms with Crippen LogP contribution in [0.5, 0.6) is 0 Å². The van der Waals surface area contributed by atoms with Crippen LogP contribution in [-0.4, -0.2) is 38.1 Å². The number of benzene rings is 1. The molecule has 1 saturated carbocycles. The van der Waals surface area contributed by atoms with Crippen LogP contribution < -0.4 is 5.32 Å². The lowest BCUT2D eigenvalue weighted by molar-refractivity contribution is 0.0880. The third-order valence-corrected chi connectivity index (χ3v) is 4.88. The molecule has 1 fully saturated rings. The van der Waals surface area contributed by atoms with Gasteiger partial charge in [-0.25, -0.2) is 8.78 Å². The minimum Gasteiger partial charge on any atom is -0.345 e. The molecule has 4 rings (SSSR count). The van der Waals surface area contributed by atoms with Gasteiger partial charge in [0.15, 0.2) is 5.82 Å². The molecule has 1 aliphatic carbocycles. The Morgan fingerprint density at radius 3 is 2.85 bits per heavy atom.